The highest BCUT2D eigenvalue weighted by Crippen LogP contribution is 2.23. The van der Waals surface area contributed by atoms with Crippen molar-refractivity contribution in [3.63, 3.8) is 0 Å². The molecule has 0 heterocycles. The summed E-state index contributed by atoms with van der Waals surface area (Å²) in [5.74, 6) is -2.60. The standard InChI is InChI=1S/C19H17F2NO/c1-4-15(12(2)3)13-8-10-14(11-9-13)22-19(23)18-16(20)6-5-7-17(18)21/h4-11H,2H2,1,3H3,(H,22,23). The van der Waals surface area contributed by atoms with Gasteiger partial charge in [0.2, 0.25) is 0 Å². The number of hydrogen-bond acceptors (Lipinski definition) is 1. The number of halogens is 2. The van der Waals surface area contributed by atoms with Gasteiger partial charge in [-0.2, -0.15) is 0 Å². The minimum Gasteiger partial charge on any atom is -0.322 e. The summed E-state index contributed by atoms with van der Waals surface area (Å²) in [4.78, 5) is 12.0. The first-order valence-electron chi connectivity index (χ1n) is 7.12. The summed E-state index contributed by atoms with van der Waals surface area (Å²) in [6.45, 7) is 7.74. The van der Waals surface area contributed by atoms with Gasteiger partial charge in [0.1, 0.15) is 17.2 Å². The molecule has 0 aromatic heterocycles. The predicted molar refractivity (Wildman–Crippen MR) is 89.2 cm³/mol. The van der Waals surface area contributed by atoms with E-state index < -0.39 is 23.1 Å². The summed E-state index contributed by atoms with van der Waals surface area (Å²) in [5.41, 5.74) is 2.75. The van der Waals surface area contributed by atoms with Crippen LogP contribution in [0.3, 0.4) is 0 Å². The van der Waals surface area contributed by atoms with Crippen molar-refractivity contribution >= 4 is 17.2 Å². The summed E-state index contributed by atoms with van der Waals surface area (Å²) in [6.07, 6.45) is 1.95. The molecule has 0 fully saturated rings. The third kappa shape index (κ3) is 3.72. The maximum Gasteiger partial charge on any atom is 0.261 e. The van der Waals surface area contributed by atoms with Crippen molar-refractivity contribution < 1.29 is 13.6 Å². The van der Waals surface area contributed by atoms with E-state index in [0.717, 1.165) is 28.8 Å². The molecule has 0 unspecified atom stereocenters. The zero-order valence-corrected chi connectivity index (χ0v) is 13.0. The van der Waals surface area contributed by atoms with E-state index >= 15 is 0 Å². The lowest BCUT2D eigenvalue weighted by Crippen LogP contribution is -2.15. The molecule has 0 saturated carbocycles. The Morgan fingerprint density at radius 3 is 2.13 bits per heavy atom. The Labute approximate surface area is 134 Å². The number of anilines is 1. The lowest BCUT2D eigenvalue weighted by Gasteiger charge is -2.10. The van der Waals surface area contributed by atoms with Gasteiger partial charge in [-0.25, -0.2) is 8.78 Å². The van der Waals surface area contributed by atoms with E-state index in [1.165, 1.54) is 6.07 Å². The third-order valence-corrected chi connectivity index (χ3v) is 3.39. The molecule has 2 aromatic carbocycles. The van der Waals surface area contributed by atoms with Crippen LogP contribution in [-0.2, 0) is 0 Å². The number of allylic oxidation sites excluding steroid dienone is 3. The van der Waals surface area contributed by atoms with Crippen LogP contribution in [0.2, 0.25) is 0 Å². The van der Waals surface area contributed by atoms with Gasteiger partial charge in [0, 0.05) is 5.69 Å². The number of benzene rings is 2. The van der Waals surface area contributed by atoms with Crippen molar-refractivity contribution in [1.29, 1.82) is 0 Å². The van der Waals surface area contributed by atoms with E-state index in [2.05, 4.69) is 11.9 Å². The molecule has 4 heteroatoms. The molecule has 0 aliphatic rings. The Bertz CT molecular complexity index is 756. The van der Waals surface area contributed by atoms with Crippen molar-refractivity contribution in [2.24, 2.45) is 0 Å². The van der Waals surface area contributed by atoms with Gasteiger partial charge in [-0.15, -0.1) is 0 Å². The fraction of sp³-hybridized carbons (Fsp3) is 0.105. The Balaban J connectivity index is 2.22. The summed E-state index contributed by atoms with van der Waals surface area (Å²) >= 11 is 0. The number of hydrogen-bond donors (Lipinski definition) is 1. The van der Waals surface area contributed by atoms with Crippen LogP contribution in [0.5, 0.6) is 0 Å². The molecule has 0 spiro atoms. The monoisotopic (exact) mass is 313 g/mol. The topological polar surface area (TPSA) is 29.1 Å². The van der Waals surface area contributed by atoms with Gasteiger partial charge in [0.05, 0.1) is 0 Å². The van der Waals surface area contributed by atoms with Crippen LogP contribution in [0.1, 0.15) is 29.8 Å². The molecular weight excluding hydrogens is 296 g/mol. The minimum absolute atomic E-state index is 0.457. The fourth-order valence-corrected chi connectivity index (χ4v) is 2.30. The maximum absolute atomic E-state index is 13.6. The largest absolute Gasteiger partial charge is 0.322 e. The first-order chi connectivity index (χ1) is 10.9. The van der Waals surface area contributed by atoms with E-state index in [0.29, 0.717) is 5.69 Å². The molecular formula is C19H17F2NO. The molecule has 2 aromatic rings. The molecule has 1 amide bonds. The second-order valence-electron chi connectivity index (χ2n) is 5.11. The summed E-state index contributed by atoms with van der Waals surface area (Å²) < 4.78 is 27.2. The van der Waals surface area contributed by atoms with Crippen molar-refractivity contribution in [3.8, 4) is 0 Å². The zero-order chi connectivity index (χ0) is 17.0. The molecule has 0 bridgehead atoms. The molecule has 1 N–H and O–H groups in total. The average molecular weight is 313 g/mol. The quantitative estimate of drug-likeness (QED) is 0.773. The van der Waals surface area contributed by atoms with E-state index in [-0.39, 0.29) is 0 Å². The molecule has 0 aliphatic carbocycles. The van der Waals surface area contributed by atoms with Crippen LogP contribution in [0.4, 0.5) is 14.5 Å². The van der Waals surface area contributed by atoms with Crippen LogP contribution in [0, 0.1) is 11.6 Å². The molecule has 0 aliphatic heterocycles. The smallest absolute Gasteiger partial charge is 0.261 e. The van der Waals surface area contributed by atoms with Crippen LogP contribution in [0.15, 0.2) is 60.7 Å². The third-order valence-electron chi connectivity index (χ3n) is 3.39. The number of nitrogens with one attached hydrogen (secondary N) is 1. The van der Waals surface area contributed by atoms with E-state index in [1.807, 2.05) is 32.1 Å². The highest BCUT2D eigenvalue weighted by Gasteiger charge is 2.17. The molecule has 23 heavy (non-hydrogen) atoms. The maximum atomic E-state index is 13.6. The SMILES string of the molecule is C=C(C)C(=CC)c1ccc(NC(=O)c2c(F)cccc2F)cc1. The number of carbonyl (C=O) groups excluding carboxylic acids is 1. The lowest BCUT2D eigenvalue weighted by molar-refractivity contribution is 0.101. The van der Waals surface area contributed by atoms with Crippen LogP contribution in [-0.4, -0.2) is 5.91 Å². The van der Waals surface area contributed by atoms with Gasteiger partial charge in [-0.05, 0) is 49.2 Å². The average Bonchev–Trinajstić information content (AvgIpc) is 2.49. The summed E-state index contributed by atoms with van der Waals surface area (Å²) in [6, 6.07) is 10.3. The zero-order valence-electron chi connectivity index (χ0n) is 13.0. The molecule has 0 radical (unpaired) electrons. The molecule has 118 valence electrons. The van der Waals surface area contributed by atoms with E-state index in [9.17, 15) is 13.6 Å². The summed E-state index contributed by atoms with van der Waals surface area (Å²) in [5, 5.41) is 2.49. The van der Waals surface area contributed by atoms with Gasteiger partial charge in [0.15, 0.2) is 0 Å². The van der Waals surface area contributed by atoms with Crippen molar-refractivity contribution in [3.05, 3.63) is 83.5 Å². The Hall–Kier alpha value is -2.75. The number of rotatable bonds is 4. The lowest BCUT2D eigenvalue weighted by atomic mass is 10.00. The molecule has 2 rings (SSSR count). The highest BCUT2D eigenvalue weighted by atomic mass is 19.1. The van der Waals surface area contributed by atoms with E-state index in [1.54, 1.807) is 12.1 Å². The van der Waals surface area contributed by atoms with Crippen LogP contribution < -0.4 is 5.32 Å². The number of amides is 1. The van der Waals surface area contributed by atoms with Crippen molar-refractivity contribution in [1.82, 2.24) is 0 Å². The Morgan fingerprint density at radius 1 is 1.09 bits per heavy atom. The molecule has 0 atom stereocenters. The Kier molecular flexibility index (Phi) is 5.06. The minimum atomic E-state index is -0.891. The highest BCUT2D eigenvalue weighted by molar-refractivity contribution is 6.04. The van der Waals surface area contributed by atoms with Gasteiger partial charge < -0.3 is 5.32 Å². The van der Waals surface area contributed by atoms with Gasteiger partial charge in [-0.1, -0.05) is 36.4 Å². The molecule has 0 saturated heterocycles. The van der Waals surface area contributed by atoms with Gasteiger partial charge in [0.25, 0.3) is 5.91 Å². The van der Waals surface area contributed by atoms with E-state index in [4.69, 9.17) is 0 Å². The van der Waals surface area contributed by atoms with Crippen molar-refractivity contribution in [2.45, 2.75) is 13.8 Å². The second-order valence-corrected chi connectivity index (χ2v) is 5.11. The second kappa shape index (κ2) is 7.01. The van der Waals surface area contributed by atoms with Gasteiger partial charge >= 0.3 is 0 Å². The van der Waals surface area contributed by atoms with Crippen LogP contribution in [0.25, 0.3) is 5.57 Å². The van der Waals surface area contributed by atoms with Crippen LogP contribution >= 0.6 is 0 Å². The number of carbonyl (C=O) groups is 1. The molecule has 2 nitrogen and oxygen atoms in total. The first-order valence-corrected chi connectivity index (χ1v) is 7.12. The summed E-state index contributed by atoms with van der Waals surface area (Å²) in [7, 11) is 0. The Morgan fingerprint density at radius 2 is 1.65 bits per heavy atom. The first kappa shape index (κ1) is 16.6. The van der Waals surface area contributed by atoms with Gasteiger partial charge in [-0.3, -0.25) is 4.79 Å². The fourth-order valence-electron chi connectivity index (χ4n) is 2.30. The predicted octanol–water partition coefficient (Wildman–Crippen LogP) is 5.20. The normalized spacial score (nSPS) is 11.2. The van der Waals surface area contributed by atoms with Crippen molar-refractivity contribution in [2.75, 3.05) is 5.32 Å².